The Kier molecular flexibility index (Phi) is 19.3. The molecule has 138 heavy (non-hydrogen) atoms. The lowest BCUT2D eigenvalue weighted by molar-refractivity contribution is 1.03. The van der Waals surface area contributed by atoms with Crippen molar-refractivity contribution in [3.8, 4) is 131 Å². The number of rotatable bonds is 13. The van der Waals surface area contributed by atoms with Gasteiger partial charge in [-0.05, 0) is 151 Å². The van der Waals surface area contributed by atoms with E-state index in [1.165, 1.54) is 5.56 Å². The number of pyridine rings is 5. The summed E-state index contributed by atoms with van der Waals surface area (Å²) in [6, 6.07) is 141. The molecule has 0 fully saturated rings. The van der Waals surface area contributed by atoms with Crippen LogP contribution >= 0.6 is 0 Å². The lowest BCUT2D eigenvalue weighted by atomic mass is 10.0. The van der Waals surface area contributed by atoms with Crippen molar-refractivity contribution in [2.24, 2.45) is 0 Å². The maximum atomic E-state index is 5.05. The van der Waals surface area contributed by atoms with Crippen LogP contribution in [0, 0.1) is 0 Å². The summed E-state index contributed by atoms with van der Waals surface area (Å²) in [6.07, 6.45) is 11.3. The van der Waals surface area contributed by atoms with Crippen LogP contribution in [0.25, 0.3) is 197 Å². The maximum absolute atomic E-state index is 5.05. The molecule has 25 aromatic rings. The molecule has 28 rings (SSSR count). The van der Waals surface area contributed by atoms with Gasteiger partial charge in [-0.2, -0.15) is 0 Å². The van der Waals surface area contributed by atoms with Gasteiger partial charge >= 0.3 is 0 Å². The number of benzene rings is 14. The summed E-state index contributed by atoms with van der Waals surface area (Å²) < 4.78 is 6.87. The summed E-state index contributed by atoms with van der Waals surface area (Å²) in [5, 5.41) is 3.14. The molecule has 3 aliphatic heterocycles. The SMILES string of the molecule is c1ccc(-c2ccc(N3c4cc(-c5nc(-c6ccccc6)nc(-c6ccccc6)n5)ccc4-n4c5cccnc5c5nccc3c54)cc2)cc1.c1ccc(-c2nc(-c3ccccc3)nc(-c3ccc4c(c3)c3cncc5c3n4-c3ncccc3N5c3ccccc3)n2)cc1.c1ccc(-c2nc(-c3ccccc3)nc(-c3ccc4c(c3)c3nccc5c3n4-c3ccccc3N5c3ccccc3)n2)cc1. The van der Waals surface area contributed by atoms with Crippen molar-refractivity contribution in [3.63, 3.8) is 0 Å². The molecular formula is C118H74N20. The molecular weight excluding hydrogens is 1700 g/mol. The van der Waals surface area contributed by atoms with Gasteiger partial charge < -0.3 is 23.8 Å². The van der Waals surface area contributed by atoms with Crippen molar-refractivity contribution >= 4 is 117 Å². The monoisotopic (exact) mass is 1770 g/mol. The highest BCUT2D eigenvalue weighted by atomic mass is 15.3. The largest absolute Gasteiger partial charge is 0.306 e. The third-order valence-electron chi connectivity index (χ3n) is 25.5. The van der Waals surface area contributed by atoms with Gasteiger partial charge in [0, 0.05) is 114 Å². The van der Waals surface area contributed by atoms with Crippen LogP contribution in [0.15, 0.2) is 450 Å². The molecule has 14 heterocycles. The molecule has 646 valence electrons. The van der Waals surface area contributed by atoms with Gasteiger partial charge in [0.2, 0.25) is 0 Å². The molecule has 11 aromatic heterocycles. The summed E-state index contributed by atoms with van der Waals surface area (Å²) in [7, 11) is 0. The van der Waals surface area contributed by atoms with Crippen LogP contribution in [-0.4, -0.2) is 83.5 Å². The van der Waals surface area contributed by atoms with Gasteiger partial charge in [-0.1, -0.05) is 273 Å². The average Bonchev–Trinajstić information content (AvgIpc) is 1.55. The molecule has 0 unspecified atom stereocenters. The third-order valence-corrected chi connectivity index (χ3v) is 25.5. The fourth-order valence-corrected chi connectivity index (χ4v) is 19.3. The molecule has 0 saturated carbocycles. The molecule has 14 aromatic carbocycles. The normalized spacial score (nSPS) is 12.0. The minimum absolute atomic E-state index is 0.601. The summed E-state index contributed by atoms with van der Waals surface area (Å²) >= 11 is 0. The van der Waals surface area contributed by atoms with Gasteiger partial charge in [-0.3, -0.25) is 24.5 Å². The van der Waals surface area contributed by atoms with Crippen LogP contribution in [0.5, 0.6) is 0 Å². The number of para-hydroxylation sites is 4. The maximum Gasteiger partial charge on any atom is 0.164 e. The van der Waals surface area contributed by atoms with Crippen molar-refractivity contribution in [2.75, 3.05) is 14.7 Å². The highest BCUT2D eigenvalue weighted by Crippen LogP contribution is 2.54. The molecule has 0 bridgehead atoms. The van der Waals surface area contributed by atoms with Gasteiger partial charge in [0.1, 0.15) is 11.0 Å². The number of hydrogen-bond acceptors (Lipinski definition) is 17. The van der Waals surface area contributed by atoms with E-state index in [0.717, 1.165) is 190 Å². The number of aromatic nitrogens is 17. The van der Waals surface area contributed by atoms with Gasteiger partial charge in [-0.25, -0.2) is 49.8 Å². The van der Waals surface area contributed by atoms with Gasteiger partial charge in [0.15, 0.2) is 58.2 Å². The van der Waals surface area contributed by atoms with Crippen LogP contribution in [0.2, 0.25) is 0 Å². The smallest absolute Gasteiger partial charge is 0.164 e. The second-order valence-electron chi connectivity index (χ2n) is 33.7. The molecule has 0 aliphatic carbocycles. The number of anilines is 9. The Morgan fingerprint density at radius 1 is 0.167 bits per heavy atom. The predicted molar refractivity (Wildman–Crippen MR) is 551 cm³/mol. The zero-order valence-electron chi connectivity index (χ0n) is 73.7. The Balaban J connectivity index is 0.000000107. The Bertz CT molecular complexity index is 8500. The molecule has 20 heteroatoms. The summed E-state index contributed by atoms with van der Waals surface area (Å²) in [5.74, 6) is 6.52. The van der Waals surface area contributed by atoms with Crippen LogP contribution in [0.1, 0.15) is 0 Å². The van der Waals surface area contributed by atoms with Crippen LogP contribution in [0.4, 0.5) is 51.2 Å². The zero-order chi connectivity index (χ0) is 91.1. The van der Waals surface area contributed by atoms with E-state index in [1.54, 1.807) is 0 Å². The van der Waals surface area contributed by atoms with Gasteiger partial charge in [0.25, 0.3) is 0 Å². The number of fused-ring (bicyclic) bond motifs is 15. The van der Waals surface area contributed by atoms with E-state index in [9.17, 15) is 0 Å². The molecule has 0 amide bonds. The molecule has 0 saturated heterocycles. The first-order valence-electron chi connectivity index (χ1n) is 45.5. The van der Waals surface area contributed by atoms with Crippen molar-refractivity contribution < 1.29 is 0 Å². The van der Waals surface area contributed by atoms with E-state index < -0.39 is 0 Å². The van der Waals surface area contributed by atoms with Crippen LogP contribution < -0.4 is 14.7 Å². The molecule has 0 atom stereocenters. The predicted octanol–water partition coefficient (Wildman–Crippen LogP) is 27.9. The van der Waals surface area contributed by atoms with Crippen molar-refractivity contribution in [2.45, 2.75) is 0 Å². The highest BCUT2D eigenvalue weighted by molar-refractivity contribution is 6.19. The van der Waals surface area contributed by atoms with Crippen molar-refractivity contribution in [3.05, 3.63) is 450 Å². The lowest BCUT2D eigenvalue weighted by Crippen LogP contribution is -2.19. The van der Waals surface area contributed by atoms with Crippen molar-refractivity contribution in [1.82, 2.24) is 83.5 Å². The average molecular weight is 1770 g/mol. The summed E-state index contributed by atoms with van der Waals surface area (Å²) in [4.78, 5) is 75.6. The summed E-state index contributed by atoms with van der Waals surface area (Å²) in [5.41, 5.74) is 31.2. The number of nitrogens with zero attached hydrogens (tertiary/aromatic N) is 20. The first-order chi connectivity index (χ1) is 68.5. The molecule has 0 radical (unpaired) electrons. The fourth-order valence-electron chi connectivity index (χ4n) is 19.3. The van der Waals surface area contributed by atoms with Gasteiger partial charge in [-0.15, -0.1) is 0 Å². The Morgan fingerprint density at radius 3 is 1.01 bits per heavy atom. The first-order valence-corrected chi connectivity index (χ1v) is 45.5. The number of hydrogen-bond donors (Lipinski definition) is 0. The first kappa shape index (κ1) is 79.6. The van der Waals surface area contributed by atoms with E-state index in [1.807, 2.05) is 250 Å². The van der Waals surface area contributed by atoms with E-state index in [-0.39, 0.29) is 0 Å². The van der Waals surface area contributed by atoms with E-state index in [0.29, 0.717) is 52.4 Å². The lowest BCUT2D eigenvalue weighted by Gasteiger charge is -2.33. The Morgan fingerprint density at radius 2 is 0.507 bits per heavy atom. The molecule has 20 nitrogen and oxygen atoms in total. The molecule has 0 N–H and O–H groups in total. The zero-order valence-corrected chi connectivity index (χ0v) is 73.7. The Hall–Kier alpha value is -19.3. The van der Waals surface area contributed by atoms with Crippen LogP contribution in [-0.2, 0) is 0 Å². The highest BCUT2D eigenvalue weighted by Gasteiger charge is 2.35. The molecule has 3 aliphatic rings. The second-order valence-corrected chi connectivity index (χ2v) is 33.7. The van der Waals surface area contributed by atoms with E-state index >= 15 is 0 Å². The standard InChI is InChI=1S/C43H27N7.C38H24N6.C37H23N7/c1-4-11-28(12-5-1)29-18-21-33(22-19-29)49-36-24-26-45-39-38-35(17-10-25-44-38)50(40(36)39)34-23-20-32(27-37(34)49)43-47-41(30-13-6-2-7-14-30)46-42(48-43)31-15-8-3-9-16-31;1-4-12-25(13-5-1)36-40-37(26-14-6-2-7-15-26)42-38(41-36)27-20-21-30-29(24-27)34-35-33(22-23-39-34)43(28-16-8-3-9-17-28)31-18-10-11-19-32(31)44(30)35;1-4-11-24(12-5-1)34-40-35(25-13-6-2-7-14-25)42-36(41-34)26-18-19-30-28(21-26)29-22-38-23-32-33(29)44(30)37-31(17-10-20-39-37)43(32)27-15-8-3-9-16-27/h1-27H;1-24H;1-23H. The van der Waals surface area contributed by atoms with Crippen LogP contribution in [0.3, 0.4) is 0 Å². The Labute approximate surface area is 790 Å². The third kappa shape index (κ3) is 13.8. The van der Waals surface area contributed by atoms with Gasteiger partial charge in [0.05, 0.1) is 90.3 Å². The minimum Gasteiger partial charge on any atom is -0.306 e. The minimum atomic E-state index is 0.601. The van der Waals surface area contributed by atoms with Crippen molar-refractivity contribution in [1.29, 1.82) is 0 Å². The quantitative estimate of drug-likeness (QED) is 0.105. The fraction of sp³-hybridized carbons (Fsp3) is 0. The van der Waals surface area contributed by atoms with E-state index in [4.69, 9.17) is 69.8 Å². The topological polar surface area (TPSA) is 205 Å². The summed E-state index contributed by atoms with van der Waals surface area (Å²) in [6.45, 7) is 0. The van der Waals surface area contributed by atoms with E-state index in [2.05, 4.69) is 229 Å². The second kappa shape index (κ2) is 33.5. The molecule has 0 spiro atoms.